The van der Waals surface area contributed by atoms with E-state index in [1.165, 1.54) is 27.7 Å². The molecular formula is C24H31N. The number of rotatable bonds is 2. The van der Waals surface area contributed by atoms with E-state index in [4.69, 9.17) is 0 Å². The lowest BCUT2D eigenvalue weighted by Gasteiger charge is -2.33. The second kappa shape index (κ2) is 6.05. The molecule has 0 saturated heterocycles. The topological polar surface area (TPSA) is 4.93 Å². The molecule has 1 nitrogen and oxygen atoms in total. The zero-order valence-corrected chi connectivity index (χ0v) is 16.7. The molecule has 132 valence electrons. The molecule has 0 amide bonds. The molecular weight excluding hydrogens is 302 g/mol. The fraction of sp³-hybridized carbons (Fsp3) is 0.417. The van der Waals surface area contributed by atoms with Gasteiger partial charge in [0.1, 0.15) is 0 Å². The lowest BCUT2D eigenvalue weighted by atomic mass is 9.73. The summed E-state index contributed by atoms with van der Waals surface area (Å²) in [6, 6.07) is 20.1. The first-order chi connectivity index (χ1) is 11.6. The number of fused-ring (bicyclic) bond motifs is 1. The summed E-state index contributed by atoms with van der Waals surface area (Å²) < 4.78 is 2.41. The second-order valence-electron chi connectivity index (χ2n) is 9.32. The minimum Gasteiger partial charge on any atom is -0.350 e. The van der Waals surface area contributed by atoms with Crippen molar-refractivity contribution < 1.29 is 0 Å². The predicted octanol–water partition coefficient (Wildman–Crippen LogP) is 6.65. The van der Waals surface area contributed by atoms with Gasteiger partial charge in [0, 0.05) is 29.8 Å². The van der Waals surface area contributed by atoms with E-state index in [0.717, 1.165) is 0 Å². The van der Waals surface area contributed by atoms with Crippen LogP contribution in [0.3, 0.4) is 0 Å². The van der Waals surface area contributed by atoms with Crippen molar-refractivity contribution in [3.8, 4) is 0 Å². The van der Waals surface area contributed by atoms with E-state index in [1.807, 2.05) is 0 Å². The Labute approximate surface area is 152 Å². The zero-order valence-electron chi connectivity index (χ0n) is 16.7. The van der Waals surface area contributed by atoms with Crippen molar-refractivity contribution >= 4 is 10.8 Å². The number of nitrogens with zero attached hydrogens (tertiary/aromatic N) is 1. The van der Waals surface area contributed by atoms with Gasteiger partial charge in [0.25, 0.3) is 0 Å². The van der Waals surface area contributed by atoms with Crippen LogP contribution < -0.4 is 0 Å². The van der Waals surface area contributed by atoms with E-state index in [9.17, 15) is 0 Å². The molecule has 1 aromatic heterocycles. The maximum atomic E-state index is 2.41. The molecule has 0 aliphatic heterocycles. The normalized spacial score (nSPS) is 14.0. The monoisotopic (exact) mass is 333 g/mol. The van der Waals surface area contributed by atoms with Crippen LogP contribution in [-0.2, 0) is 12.5 Å². The Morgan fingerprint density at radius 3 is 2.00 bits per heavy atom. The van der Waals surface area contributed by atoms with Gasteiger partial charge in [-0.15, -0.1) is 0 Å². The highest BCUT2D eigenvalue weighted by Gasteiger charge is 2.32. The largest absolute Gasteiger partial charge is 0.350 e. The van der Waals surface area contributed by atoms with Crippen LogP contribution in [0.5, 0.6) is 0 Å². The molecule has 1 heteroatoms. The van der Waals surface area contributed by atoms with Crippen molar-refractivity contribution in [2.45, 2.75) is 52.9 Å². The van der Waals surface area contributed by atoms with Gasteiger partial charge in [0.15, 0.2) is 0 Å². The Bertz CT molecular complexity index is 879. The van der Waals surface area contributed by atoms with Gasteiger partial charge in [-0.2, -0.15) is 0 Å². The third-order valence-corrected chi connectivity index (χ3v) is 5.23. The molecule has 0 aliphatic rings. The first kappa shape index (κ1) is 17.8. The fourth-order valence-electron chi connectivity index (χ4n) is 4.14. The number of benzene rings is 2. The second-order valence-corrected chi connectivity index (χ2v) is 9.32. The van der Waals surface area contributed by atoms with Crippen molar-refractivity contribution in [2.75, 3.05) is 0 Å². The van der Waals surface area contributed by atoms with Crippen molar-refractivity contribution in [3.63, 3.8) is 0 Å². The zero-order chi connectivity index (χ0) is 18.4. The van der Waals surface area contributed by atoms with E-state index in [1.54, 1.807) is 0 Å². The first-order valence-electron chi connectivity index (χ1n) is 9.24. The highest BCUT2D eigenvalue weighted by Crippen LogP contribution is 2.44. The molecule has 0 spiro atoms. The number of hydrogen-bond donors (Lipinski definition) is 0. The maximum absolute atomic E-state index is 2.41. The van der Waals surface area contributed by atoms with E-state index >= 15 is 0 Å². The maximum Gasteiger partial charge on any atom is 0.0297 e. The Kier molecular flexibility index (Phi) is 4.31. The molecule has 1 atom stereocenters. The van der Waals surface area contributed by atoms with Crippen LogP contribution in [-0.4, -0.2) is 4.57 Å². The lowest BCUT2D eigenvalue weighted by Crippen LogP contribution is -2.24. The van der Waals surface area contributed by atoms with E-state index in [-0.39, 0.29) is 10.8 Å². The van der Waals surface area contributed by atoms with Crippen molar-refractivity contribution in [2.24, 2.45) is 12.5 Å². The molecule has 0 N–H and O–H groups in total. The molecule has 0 aliphatic carbocycles. The van der Waals surface area contributed by atoms with Gasteiger partial charge in [0.2, 0.25) is 0 Å². The molecule has 3 rings (SSSR count). The summed E-state index contributed by atoms with van der Waals surface area (Å²) in [6.07, 6.45) is 0. The molecule has 0 radical (unpaired) electrons. The first-order valence-corrected chi connectivity index (χ1v) is 9.24. The summed E-state index contributed by atoms with van der Waals surface area (Å²) in [4.78, 5) is 0. The Balaban J connectivity index is 2.26. The van der Waals surface area contributed by atoms with Gasteiger partial charge in [-0.3, -0.25) is 0 Å². The Hall–Kier alpha value is -2.02. The van der Waals surface area contributed by atoms with Crippen LogP contribution in [0.1, 0.15) is 64.4 Å². The summed E-state index contributed by atoms with van der Waals surface area (Å²) in [5.41, 5.74) is 4.48. The van der Waals surface area contributed by atoms with Crippen LogP contribution in [0.4, 0.5) is 0 Å². The summed E-state index contributed by atoms with van der Waals surface area (Å²) in [6.45, 7) is 13.9. The SMILES string of the molecule is Cn1c(C(c2cccc3ccccc23)C(C)(C)C)ccc1C(C)(C)C. The van der Waals surface area contributed by atoms with Crippen molar-refractivity contribution in [1.29, 1.82) is 0 Å². The van der Waals surface area contributed by atoms with Crippen molar-refractivity contribution in [1.82, 2.24) is 4.57 Å². The molecule has 25 heavy (non-hydrogen) atoms. The number of aromatic nitrogens is 1. The van der Waals surface area contributed by atoms with Crippen LogP contribution in [0.15, 0.2) is 54.6 Å². The summed E-state index contributed by atoms with van der Waals surface area (Å²) in [5.74, 6) is 0.347. The highest BCUT2D eigenvalue weighted by atomic mass is 15.0. The summed E-state index contributed by atoms with van der Waals surface area (Å²) in [5, 5.41) is 2.68. The summed E-state index contributed by atoms with van der Waals surface area (Å²) in [7, 11) is 2.22. The van der Waals surface area contributed by atoms with Gasteiger partial charge in [0.05, 0.1) is 0 Å². The van der Waals surface area contributed by atoms with Gasteiger partial charge < -0.3 is 4.57 Å². The van der Waals surface area contributed by atoms with Crippen LogP contribution >= 0.6 is 0 Å². The molecule has 2 aromatic carbocycles. The van der Waals surface area contributed by atoms with E-state index in [0.29, 0.717) is 5.92 Å². The Morgan fingerprint density at radius 2 is 1.40 bits per heavy atom. The lowest BCUT2D eigenvalue weighted by molar-refractivity contribution is 0.347. The quantitative estimate of drug-likeness (QED) is 0.494. The van der Waals surface area contributed by atoms with E-state index in [2.05, 4.69) is 108 Å². The molecule has 0 saturated carbocycles. The van der Waals surface area contributed by atoms with Crippen LogP contribution in [0.25, 0.3) is 10.8 Å². The average molecular weight is 334 g/mol. The summed E-state index contributed by atoms with van der Waals surface area (Å²) >= 11 is 0. The fourth-order valence-corrected chi connectivity index (χ4v) is 4.14. The molecule has 1 unspecified atom stereocenters. The highest BCUT2D eigenvalue weighted by molar-refractivity contribution is 5.86. The van der Waals surface area contributed by atoms with E-state index < -0.39 is 0 Å². The smallest absolute Gasteiger partial charge is 0.0297 e. The number of hydrogen-bond acceptors (Lipinski definition) is 0. The molecule has 0 bridgehead atoms. The van der Waals surface area contributed by atoms with Gasteiger partial charge in [-0.25, -0.2) is 0 Å². The minimum absolute atomic E-state index is 0.130. The van der Waals surface area contributed by atoms with Crippen molar-refractivity contribution in [3.05, 3.63) is 71.5 Å². The molecule has 0 fully saturated rings. The van der Waals surface area contributed by atoms with Gasteiger partial charge in [-0.05, 0) is 33.9 Å². The third kappa shape index (κ3) is 3.25. The Morgan fingerprint density at radius 1 is 0.760 bits per heavy atom. The van der Waals surface area contributed by atoms with Crippen LogP contribution in [0.2, 0.25) is 0 Å². The molecule has 1 heterocycles. The predicted molar refractivity (Wildman–Crippen MR) is 109 cm³/mol. The van der Waals surface area contributed by atoms with Gasteiger partial charge in [-0.1, -0.05) is 84.0 Å². The van der Waals surface area contributed by atoms with Gasteiger partial charge >= 0.3 is 0 Å². The van der Waals surface area contributed by atoms with Crippen LogP contribution in [0, 0.1) is 5.41 Å². The average Bonchev–Trinajstić information content (AvgIpc) is 2.88. The third-order valence-electron chi connectivity index (χ3n) is 5.23. The standard InChI is InChI=1S/C24H31N/c1-23(2,3)21-16-15-20(25(21)7)22(24(4,5)6)19-14-10-12-17-11-8-9-13-18(17)19/h8-16,22H,1-7H3. The molecule has 3 aromatic rings. The minimum atomic E-state index is 0.130.